The first-order chi connectivity index (χ1) is 18.5. The van der Waals surface area contributed by atoms with Crippen LogP contribution >= 0.6 is 26.3 Å². The Morgan fingerprint density at radius 2 is 1.29 bits per heavy atom. The summed E-state index contributed by atoms with van der Waals surface area (Å²) in [5.41, 5.74) is 4.64. The van der Waals surface area contributed by atoms with E-state index in [0.717, 1.165) is 29.0 Å². The third-order valence-electron chi connectivity index (χ3n) is 7.54. The van der Waals surface area contributed by atoms with Crippen LogP contribution in [0.3, 0.4) is 0 Å². The molecule has 0 aromatic heterocycles. The predicted molar refractivity (Wildman–Crippen MR) is 171 cm³/mol. The van der Waals surface area contributed by atoms with E-state index in [1.807, 2.05) is 6.07 Å². The molecule has 0 radical (unpaired) electrons. The van der Waals surface area contributed by atoms with Gasteiger partial charge in [0.15, 0.2) is 0 Å². The second kappa shape index (κ2) is 10.2. The van der Waals surface area contributed by atoms with Crippen molar-refractivity contribution in [2.45, 2.75) is 13.0 Å². The maximum absolute atomic E-state index is 6.57. The Bertz CT molecular complexity index is 1520. The molecule has 4 heteroatoms. The molecule has 6 rings (SSSR count). The molecular formula is C34H30IO2P. The third-order valence-corrected chi connectivity index (χ3v) is 17.0. The molecule has 1 aliphatic heterocycles. The minimum atomic E-state index is -2.88. The van der Waals surface area contributed by atoms with Crippen LogP contribution in [0.2, 0.25) is 0 Å². The normalized spacial score (nSPS) is 13.7. The monoisotopic (exact) mass is 628 g/mol. The zero-order valence-electron chi connectivity index (χ0n) is 21.4. The molecule has 0 N–H and O–H groups in total. The van der Waals surface area contributed by atoms with Crippen molar-refractivity contribution in [1.29, 1.82) is 0 Å². The molecule has 0 unspecified atom stereocenters. The predicted octanol–water partition coefficient (Wildman–Crippen LogP) is 7.68. The first-order valence-electron chi connectivity index (χ1n) is 12.9. The standard InChI is InChI=1S/C34H30IO2P/c1-38(35,28-15-7-3-8-16-28,29-17-9-4-10-18-29)34-20-12-11-19-30(34)31-24-32-27(21-22-36-32)23-33(31)37-25-26-13-5-2-6-14-26/h2-20,23-24H,21-22,25H2,1H3. The average molecular weight is 628 g/mol. The van der Waals surface area contributed by atoms with Gasteiger partial charge in [-0.1, -0.05) is 0 Å². The summed E-state index contributed by atoms with van der Waals surface area (Å²) in [6.45, 7) is 3.70. The number of halogens is 1. The van der Waals surface area contributed by atoms with Crippen LogP contribution in [0.25, 0.3) is 11.1 Å². The molecule has 0 saturated carbocycles. The number of rotatable bonds is 7. The summed E-state index contributed by atoms with van der Waals surface area (Å²) < 4.78 is 9.74. The van der Waals surface area contributed by atoms with Crippen LogP contribution in [0.4, 0.5) is 0 Å². The average Bonchev–Trinajstić information content (AvgIpc) is 3.45. The van der Waals surface area contributed by atoms with Gasteiger partial charge in [-0.2, -0.15) is 0 Å². The summed E-state index contributed by atoms with van der Waals surface area (Å²) in [5, 5.41) is 4.03. The molecule has 0 bridgehead atoms. The van der Waals surface area contributed by atoms with Crippen LogP contribution in [0, 0.1) is 0 Å². The van der Waals surface area contributed by atoms with E-state index >= 15 is 0 Å². The molecule has 0 aliphatic carbocycles. The van der Waals surface area contributed by atoms with Crippen molar-refractivity contribution in [3.05, 3.63) is 139 Å². The van der Waals surface area contributed by atoms with Gasteiger partial charge < -0.3 is 0 Å². The van der Waals surface area contributed by atoms with Crippen molar-refractivity contribution in [2.75, 3.05) is 13.3 Å². The van der Waals surface area contributed by atoms with Crippen LogP contribution in [-0.4, -0.2) is 13.3 Å². The number of ether oxygens (including phenoxy) is 2. The van der Waals surface area contributed by atoms with Gasteiger partial charge in [0.2, 0.25) is 0 Å². The van der Waals surface area contributed by atoms with Crippen LogP contribution in [0.1, 0.15) is 11.1 Å². The fourth-order valence-corrected chi connectivity index (χ4v) is 12.4. The van der Waals surface area contributed by atoms with E-state index in [4.69, 9.17) is 9.47 Å². The SMILES string of the molecule is CP(I)(c1ccccc1)(c1ccccc1)c1ccccc1-c1cc2c(cc1OCc1ccccc1)CCO2. The van der Waals surface area contributed by atoms with Gasteiger partial charge >= 0.3 is 239 Å². The second-order valence-corrected chi connectivity index (χ2v) is 21.6. The van der Waals surface area contributed by atoms with Crippen molar-refractivity contribution in [1.82, 2.24) is 0 Å². The quantitative estimate of drug-likeness (QED) is 0.136. The summed E-state index contributed by atoms with van der Waals surface area (Å²) in [5.74, 6) is 1.87. The van der Waals surface area contributed by atoms with E-state index in [-0.39, 0.29) is 0 Å². The Kier molecular flexibility index (Phi) is 6.75. The van der Waals surface area contributed by atoms with Crippen molar-refractivity contribution in [3.8, 4) is 22.6 Å². The number of hydrogen-bond donors (Lipinski definition) is 0. The Morgan fingerprint density at radius 3 is 1.95 bits per heavy atom. The Balaban J connectivity index is 1.57. The van der Waals surface area contributed by atoms with Crippen LogP contribution < -0.4 is 25.4 Å². The van der Waals surface area contributed by atoms with Crippen molar-refractivity contribution in [3.63, 3.8) is 0 Å². The molecular weight excluding hydrogens is 598 g/mol. The third kappa shape index (κ3) is 4.42. The molecule has 0 amide bonds. The first kappa shape index (κ1) is 25.2. The molecule has 5 aromatic carbocycles. The van der Waals surface area contributed by atoms with Crippen molar-refractivity contribution < 1.29 is 9.47 Å². The zero-order chi connectivity index (χ0) is 26.0. The minimum absolute atomic E-state index is 0.521. The summed E-state index contributed by atoms with van der Waals surface area (Å²) in [7, 11) is 0. The van der Waals surface area contributed by atoms with Crippen LogP contribution in [-0.2, 0) is 13.0 Å². The molecule has 190 valence electrons. The van der Waals surface area contributed by atoms with Gasteiger partial charge in [-0.25, -0.2) is 0 Å². The van der Waals surface area contributed by atoms with Gasteiger partial charge in [-0.3, -0.25) is 0 Å². The van der Waals surface area contributed by atoms with Gasteiger partial charge in [0.05, 0.1) is 0 Å². The van der Waals surface area contributed by atoms with Crippen LogP contribution in [0.5, 0.6) is 11.5 Å². The molecule has 0 saturated heterocycles. The van der Waals surface area contributed by atoms with Gasteiger partial charge in [0, 0.05) is 0 Å². The number of hydrogen-bond acceptors (Lipinski definition) is 2. The van der Waals surface area contributed by atoms with Gasteiger partial charge in [-0.15, -0.1) is 0 Å². The zero-order valence-corrected chi connectivity index (χ0v) is 24.4. The first-order valence-corrected chi connectivity index (χ1v) is 18.4. The van der Waals surface area contributed by atoms with E-state index in [2.05, 4.69) is 150 Å². The molecule has 2 nitrogen and oxygen atoms in total. The maximum atomic E-state index is 6.57. The number of fused-ring (bicyclic) bond motifs is 1. The molecule has 5 aromatic rings. The van der Waals surface area contributed by atoms with Gasteiger partial charge in [0.1, 0.15) is 0 Å². The fraction of sp³-hybridized carbons (Fsp3) is 0.118. The Hall–Kier alpha value is -3.14. The molecule has 0 fully saturated rings. The molecule has 1 heterocycles. The van der Waals surface area contributed by atoms with Gasteiger partial charge in [-0.05, 0) is 0 Å². The summed E-state index contributed by atoms with van der Waals surface area (Å²) in [6.07, 6.45) is 0.909. The van der Waals surface area contributed by atoms with E-state index in [0.29, 0.717) is 13.2 Å². The second-order valence-electron chi connectivity index (χ2n) is 9.95. The van der Waals surface area contributed by atoms with E-state index in [1.165, 1.54) is 27.0 Å². The summed E-state index contributed by atoms with van der Waals surface area (Å²) >= 11 is 2.80. The Morgan fingerprint density at radius 1 is 0.711 bits per heavy atom. The number of benzene rings is 5. The Labute approximate surface area is 238 Å². The van der Waals surface area contributed by atoms with Crippen molar-refractivity contribution in [2.24, 2.45) is 0 Å². The van der Waals surface area contributed by atoms with E-state index in [9.17, 15) is 0 Å². The summed E-state index contributed by atoms with van der Waals surface area (Å²) in [6, 6.07) is 45.6. The van der Waals surface area contributed by atoms with Gasteiger partial charge in [0.25, 0.3) is 0 Å². The molecule has 38 heavy (non-hydrogen) atoms. The summed E-state index contributed by atoms with van der Waals surface area (Å²) in [4.78, 5) is 0. The topological polar surface area (TPSA) is 18.5 Å². The van der Waals surface area contributed by atoms with Crippen LogP contribution in [0.15, 0.2) is 127 Å². The van der Waals surface area contributed by atoms with E-state index < -0.39 is 4.25 Å². The van der Waals surface area contributed by atoms with Crippen molar-refractivity contribution >= 4 is 42.2 Å². The fourth-order valence-electron chi connectivity index (χ4n) is 5.43. The van der Waals surface area contributed by atoms with E-state index in [1.54, 1.807) is 0 Å². The molecule has 0 atom stereocenters. The molecule has 1 aliphatic rings. The molecule has 0 spiro atoms.